The van der Waals surface area contributed by atoms with E-state index in [1.54, 1.807) is 36.0 Å². The van der Waals surface area contributed by atoms with E-state index in [-0.39, 0.29) is 10.8 Å². The summed E-state index contributed by atoms with van der Waals surface area (Å²) >= 11 is 1.72. The summed E-state index contributed by atoms with van der Waals surface area (Å²) < 4.78 is 0.0348. The lowest BCUT2D eigenvalue weighted by atomic mass is 10.2. The fourth-order valence-electron chi connectivity index (χ4n) is 1.16. The third kappa shape index (κ3) is 4.99. The van der Waals surface area contributed by atoms with Crippen molar-refractivity contribution in [2.24, 2.45) is 0 Å². The van der Waals surface area contributed by atoms with E-state index in [4.69, 9.17) is 5.73 Å². The molecule has 0 spiro atoms. The number of carbonyl (C=O) groups excluding carboxylic acids is 1. The molecule has 0 bridgehead atoms. The summed E-state index contributed by atoms with van der Waals surface area (Å²) in [5.41, 5.74) is 6.95. The Morgan fingerprint density at radius 1 is 1.47 bits per heavy atom. The molecule has 0 aliphatic rings. The zero-order valence-electron chi connectivity index (χ0n) is 10.4. The minimum atomic E-state index is -0.210. The normalized spacial score (nSPS) is 11.0. The Morgan fingerprint density at radius 3 is 2.76 bits per heavy atom. The first-order valence-corrected chi connectivity index (χ1v) is 6.61. The summed E-state index contributed by atoms with van der Waals surface area (Å²) in [6, 6.07) is 6.89. The number of carbonyl (C=O) groups is 1. The molecule has 4 N–H and O–H groups in total. The SMILES string of the molecule is CSC(C)(C)CNC(=O)Nc1cccc(N)c1. The molecule has 17 heavy (non-hydrogen) atoms. The zero-order valence-corrected chi connectivity index (χ0v) is 11.2. The van der Waals surface area contributed by atoms with Crippen molar-refractivity contribution in [3.8, 4) is 0 Å². The number of rotatable bonds is 4. The van der Waals surface area contributed by atoms with Crippen LogP contribution < -0.4 is 16.4 Å². The number of nitrogen functional groups attached to an aromatic ring is 1. The molecule has 94 valence electrons. The molecule has 0 aliphatic carbocycles. The quantitative estimate of drug-likeness (QED) is 0.722. The topological polar surface area (TPSA) is 67.2 Å². The summed E-state index contributed by atoms with van der Waals surface area (Å²) in [6.07, 6.45) is 2.03. The number of nitrogens with two attached hydrogens (primary N) is 1. The van der Waals surface area contributed by atoms with Crippen LogP contribution in [0.5, 0.6) is 0 Å². The van der Waals surface area contributed by atoms with Gasteiger partial charge in [0.1, 0.15) is 0 Å². The van der Waals surface area contributed by atoms with Crippen LogP contribution in [0, 0.1) is 0 Å². The molecular formula is C12H19N3OS. The Morgan fingerprint density at radius 2 is 2.18 bits per heavy atom. The summed E-state index contributed by atoms with van der Waals surface area (Å²) in [4.78, 5) is 11.6. The highest BCUT2D eigenvalue weighted by atomic mass is 32.2. The molecule has 0 saturated heterocycles. The number of hydrogen-bond donors (Lipinski definition) is 3. The number of amides is 2. The highest BCUT2D eigenvalue weighted by Gasteiger charge is 2.16. The number of urea groups is 1. The van der Waals surface area contributed by atoms with Crippen LogP contribution >= 0.6 is 11.8 Å². The summed E-state index contributed by atoms with van der Waals surface area (Å²) in [6.45, 7) is 4.78. The highest BCUT2D eigenvalue weighted by Crippen LogP contribution is 2.19. The van der Waals surface area contributed by atoms with Crippen molar-refractivity contribution in [1.29, 1.82) is 0 Å². The maximum atomic E-state index is 11.6. The Kier molecular flexibility index (Phi) is 4.69. The van der Waals surface area contributed by atoms with Gasteiger partial charge < -0.3 is 16.4 Å². The molecule has 2 amide bonds. The van der Waals surface area contributed by atoms with E-state index in [9.17, 15) is 4.79 Å². The Balaban J connectivity index is 2.45. The van der Waals surface area contributed by atoms with Crippen molar-refractivity contribution in [2.45, 2.75) is 18.6 Å². The van der Waals surface area contributed by atoms with Gasteiger partial charge >= 0.3 is 6.03 Å². The van der Waals surface area contributed by atoms with Crippen LogP contribution in [0.4, 0.5) is 16.2 Å². The van der Waals surface area contributed by atoms with Crippen molar-refractivity contribution in [3.63, 3.8) is 0 Å². The van der Waals surface area contributed by atoms with Gasteiger partial charge in [0.25, 0.3) is 0 Å². The third-order valence-electron chi connectivity index (χ3n) is 2.37. The molecule has 0 saturated carbocycles. The predicted molar refractivity (Wildman–Crippen MR) is 75.5 cm³/mol. The first-order valence-electron chi connectivity index (χ1n) is 5.38. The fourth-order valence-corrected chi connectivity index (χ4v) is 1.37. The molecule has 0 aromatic heterocycles. The van der Waals surface area contributed by atoms with Gasteiger partial charge in [0.2, 0.25) is 0 Å². The predicted octanol–water partition coefficient (Wildman–Crippen LogP) is 2.53. The minimum Gasteiger partial charge on any atom is -0.399 e. The van der Waals surface area contributed by atoms with Gasteiger partial charge in [-0.1, -0.05) is 6.07 Å². The fraction of sp³-hybridized carbons (Fsp3) is 0.417. The van der Waals surface area contributed by atoms with Gasteiger partial charge in [-0.3, -0.25) is 0 Å². The Bertz CT molecular complexity index is 393. The highest BCUT2D eigenvalue weighted by molar-refractivity contribution is 7.99. The van der Waals surface area contributed by atoms with Crippen LogP contribution in [0.2, 0.25) is 0 Å². The number of nitrogens with one attached hydrogen (secondary N) is 2. The van der Waals surface area contributed by atoms with Gasteiger partial charge in [-0.15, -0.1) is 0 Å². The molecule has 0 aliphatic heterocycles. The van der Waals surface area contributed by atoms with Gasteiger partial charge in [0.15, 0.2) is 0 Å². The second kappa shape index (κ2) is 5.82. The zero-order chi connectivity index (χ0) is 12.9. The smallest absolute Gasteiger partial charge is 0.319 e. The van der Waals surface area contributed by atoms with Crippen molar-refractivity contribution in [2.75, 3.05) is 23.9 Å². The van der Waals surface area contributed by atoms with Crippen LogP contribution in [-0.2, 0) is 0 Å². The van der Waals surface area contributed by atoms with E-state index < -0.39 is 0 Å². The van der Waals surface area contributed by atoms with Crippen molar-refractivity contribution in [3.05, 3.63) is 24.3 Å². The van der Waals surface area contributed by atoms with Gasteiger partial charge in [-0.05, 0) is 38.3 Å². The number of anilines is 2. The number of hydrogen-bond acceptors (Lipinski definition) is 3. The van der Waals surface area contributed by atoms with Crippen molar-refractivity contribution < 1.29 is 4.79 Å². The van der Waals surface area contributed by atoms with E-state index >= 15 is 0 Å². The second-order valence-electron chi connectivity index (χ2n) is 4.40. The van der Waals surface area contributed by atoms with E-state index in [0.717, 1.165) is 0 Å². The molecule has 0 atom stereocenters. The maximum absolute atomic E-state index is 11.6. The largest absolute Gasteiger partial charge is 0.399 e. The van der Waals surface area contributed by atoms with E-state index in [1.165, 1.54) is 0 Å². The third-order valence-corrected chi connectivity index (χ3v) is 3.62. The van der Waals surface area contributed by atoms with Crippen LogP contribution in [0.1, 0.15) is 13.8 Å². The molecule has 1 aromatic rings. The first-order chi connectivity index (χ1) is 7.93. The van der Waals surface area contributed by atoms with Crippen LogP contribution in [0.25, 0.3) is 0 Å². The lowest BCUT2D eigenvalue weighted by molar-refractivity contribution is 0.251. The molecule has 0 heterocycles. The van der Waals surface area contributed by atoms with Gasteiger partial charge in [0.05, 0.1) is 0 Å². The lowest BCUT2D eigenvalue weighted by Crippen LogP contribution is -2.38. The number of benzene rings is 1. The molecule has 1 rings (SSSR count). The monoisotopic (exact) mass is 253 g/mol. The lowest BCUT2D eigenvalue weighted by Gasteiger charge is -2.22. The number of thioether (sulfide) groups is 1. The van der Waals surface area contributed by atoms with E-state index in [2.05, 4.69) is 24.5 Å². The molecule has 5 heteroatoms. The van der Waals surface area contributed by atoms with Crippen LogP contribution in [0.15, 0.2) is 24.3 Å². The van der Waals surface area contributed by atoms with Gasteiger partial charge in [-0.25, -0.2) is 4.79 Å². The molecule has 0 radical (unpaired) electrons. The van der Waals surface area contributed by atoms with Crippen molar-refractivity contribution >= 4 is 29.2 Å². The average Bonchev–Trinajstić information content (AvgIpc) is 2.27. The molecule has 4 nitrogen and oxygen atoms in total. The summed E-state index contributed by atoms with van der Waals surface area (Å²) in [7, 11) is 0. The molecule has 0 unspecified atom stereocenters. The second-order valence-corrected chi connectivity index (χ2v) is 5.91. The summed E-state index contributed by atoms with van der Waals surface area (Å²) in [5.74, 6) is 0. The van der Waals surface area contributed by atoms with E-state index in [0.29, 0.717) is 17.9 Å². The maximum Gasteiger partial charge on any atom is 0.319 e. The van der Waals surface area contributed by atoms with Gasteiger partial charge in [0, 0.05) is 22.7 Å². The van der Waals surface area contributed by atoms with Crippen LogP contribution in [-0.4, -0.2) is 23.6 Å². The standard InChI is InChI=1S/C12H19N3OS/c1-12(2,17-3)8-14-11(16)15-10-6-4-5-9(13)7-10/h4-7H,8,13H2,1-3H3,(H2,14,15,16). The van der Waals surface area contributed by atoms with Gasteiger partial charge in [-0.2, -0.15) is 11.8 Å². The molecule has 1 aromatic carbocycles. The van der Waals surface area contributed by atoms with Crippen molar-refractivity contribution in [1.82, 2.24) is 5.32 Å². The first kappa shape index (κ1) is 13.7. The Labute approximate surface area is 106 Å². The van der Waals surface area contributed by atoms with Crippen LogP contribution in [0.3, 0.4) is 0 Å². The minimum absolute atomic E-state index is 0.0348. The molecule has 0 fully saturated rings. The summed E-state index contributed by atoms with van der Waals surface area (Å²) in [5, 5.41) is 5.57. The Hall–Kier alpha value is -1.36. The average molecular weight is 253 g/mol. The molecular weight excluding hydrogens is 234 g/mol. The van der Waals surface area contributed by atoms with E-state index in [1.807, 2.05) is 6.26 Å².